The molecule has 0 saturated heterocycles. The Morgan fingerprint density at radius 3 is 2.96 bits per heavy atom. The SMILES string of the molecule is O=C(CCCn1c(=O)oc2cc([N+](=O)[O-])ccc21)OCc1nnsc1Cl. The predicted octanol–water partition coefficient (Wildman–Crippen LogP) is 2.53. The first kappa shape index (κ1) is 18.0. The van der Waals surface area contributed by atoms with E-state index in [1.165, 1.54) is 22.8 Å². The van der Waals surface area contributed by atoms with Gasteiger partial charge in [-0.2, -0.15) is 0 Å². The number of oxazole rings is 1. The summed E-state index contributed by atoms with van der Waals surface area (Å²) in [6, 6.07) is 3.91. The fourth-order valence-corrected chi connectivity index (χ4v) is 2.87. The maximum absolute atomic E-state index is 11.9. The van der Waals surface area contributed by atoms with E-state index >= 15 is 0 Å². The van der Waals surface area contributed by atoms with Crippen molar-refractivity contribution < 1.29 is 18.9 Å². The van der Waals surface area contributed by atoms with Crippen LogP contribution < -0.4 is 5.76 Å². The minimum Gasteiger partial charge on any atom is -0.459 e. The Hall–Kier alpha value is -2.79. The largest absolute Gasteiger partial charge is 0.459 e. The molecule has 26 heavy (non-hydrogen) atoms. The second-order valence-corrected chi connectivity index (χ2v) is 6.54. The Kier molecular flexibility index (Phi) is 5.28. The predicted molar refractivity (Wildman–Crippen MR) is 91.1 cm³/mol. The number of carbonyl (C=O) groups is 1. The van der Waals surface area contributed by atoms with Crippen molar-refractivity contribution in [3.05, 3.63) is 48.9 Å². The van der Waals surface area contributed by atoms with Crippen LogP contribution in [-0.4, -0.2) is 25.0 Å². The molecule has 136 valence electrons. The summed E-state index contributed by atoms with van der Waals surface area (Å²) >= 11 is 6.81. The maximum atomic E-state index is 11.9. The summed E-state index contributed by atoms with van der Waals surface area (Å²) in [4.78, 5) is 33.8. The fraction of sp³-hybridized carbons (Fsp3) is 0.286. The molecule has 0 aliphatic carbocycles. The van der Waals surface area contributed by atoms with Crippen LogP contribution in [-0.2, 0) is 22.7 Å². The average Bonchev–Trinajstić information content (AvgIpc) is 3.15. The Bertz CT molecular complexity index is 1030. The van der Waals surface area contributed by atoms with E-state index in [0.29, 0.717) is 22.0 Å². The number of nitro groups is 1. The van der Waals surface area contributed by atoms with E-state index in [4.69, 9.17) is 20.8 Å². The normalized spacial score (nSPS) is 11.0. The molecule has 0 aliphatic heterocycles. The highest BCUT2D eigenvalue weighted by Crippen LogP contribution is 2.21. The Labute approximate surface area is 154 Å². The zero-order valence-electron chi connectivity index (χ0n) is 13.1. The number of aromatic nitrogens is 3. The van der Waals surface area contributed by atoms with Gasteiger partial charge in [0.05, 0.1) is 16.5 Å². The van der Waals surface area contributed by atoms with Gasteiger partial charge in [-0.25, -0.2) is 4.79 Å². The first-order valence-electron chi connectivity index (χ1n) is 7.36. The Morgan fingerprint density at radius 2 is 2.27 bits per heavy atom. The first-order valence-corrected chi connectivity index (χ1v) is 8.51. The van der Waals surface area contributed by atoms with Gasteiger partial charge >= 0.3 is 11.7 Å². The van der Waals surface area contributed by atoms with Gasteiger partial charge in [0, 0.05) is 30.6 Å². The van der Waals surface area contributed by atoms with Crippen LogP contribution >= 0.6 is 23.1 Å². The smallest absolute Gasteiger partial charge is 0.419 e. The molecule has 12 heteroatoms. The molecule has 0 unspecified atom stereocenters. The molecule has 0 fully saturated rings. The Balaban J connectivity index is 1.58. The molecule has 0 saturated carbocycles. The van der Waals surface area contributed by atoms with Crippen molar-refractivity contribution in [2.24, 2.45) is 0 Å². The third-order valence-corrected chi connectivity index (χ3v) is 4.49. The summed E-state index contributed by atoms with van der Waals surface area (Å²) in [5.74, 6) is -1.11. The molecule has 0 spiro atoms. The second-order valence-electron chi connectivity index (χ2n) is 5.19. The molecule has 0 N–H and O–H groups in total. The molecule has 3 aromatic rings. The van der Waals surface area contributed by atoms with Crippen LogP contribution in [0.25, 0.3) is 11.1 Å². The monoisotopic (exact) mass is 398 g/mol. The number of hydrogen-bond donors (Lipinski definition) is 0. The van der Waals surface area contributed by atoms with Crippen LogP contribution in [0.4, 0.5) is 5.69 Å². The van der Waals surface area contributed by atoms with Crippen molar-refractivity contribution in [1.29, 1.82) is 0 Å². The van der Waals surface area contributed by atoms with E-state index in [0.717, 1.165) is 11.5 Å². The molecular formula is C14H11ClN4O6S. The van der Waals surface area contributed by atoms with Crippen LogP contribution in [0.2, 0.25) is 4.34 Å². The van der Waals surface area contributed by atoms with E-state index < -0.39 is 16.6 Å². The van der Waals surface area contributed by atoms with Gasteiger partial charge < -0.3 is 9.15 Å². The number of nitrogens with zero attached hydrogens (tertiary/aromatic N) is 4. The zero-order chi connectivity index (χ0) is 18.7. The number of benzene rings is 1. The van der Waals surface area contributed by atoms with Crippen LogP contribution in [0, 0.1) is 10.1 Å². The maximum Gasteiger partial charge on any atom is 0.419 e. The van der Waals surface area contributed by atoms with Gasteiger partial charge in [-0.15, -0.1) is 5.10 Å². The number of carbonyl (C=O) groups excluding carboxylic acids is 1. The van der Waals surface area contributed by atoms with Crippen LogP contribution in [0.15, 0.2) is 27.4 Å². The number of nitro benzene ring substituents is 1. The molecule has 2 aromatic heterocycles. The summed E-state index contributed by atoms with van der Waals surface area (Å²) in [5, 5.41) is 14.5. The quantitative estimate of drug-likeness (QED) is 0.337. The molecular weight excluding hydrogens is 388 g/mol. The van der Waals surface area contributed by atoms with E-state index in [2.05, 4.69) is 9.59 Å². The van der Waals surface area contributed by atoms with Gasteiger partial charge in [0.1, 0.15) is 16.6 Å². The first-order chi connectivity index (χ1) is 12.5. The summed E-state index contributed by atoms with van der Waals surface area (Å²) in [6.07, 6.45) is 0.398. The van der Waals surface area contributed by atoms with Gasteiger partial charge in [-0.1, -0.05) is 16.1 Å². The van der Waals surface area contributed by atoms with Gasteiger partial charge in [0.15, 0.2) is 5.58 Å². The Morgan fingerprint density at radius 1 is 1.46 bits per heavy atom. The van der Waals surface area contributed by atoms with E-state index in [-0.39, 0.29) is 30.8 Å². The summed E-state index contributed by atoms with van der Waals surface area (Å²) in [7, 11) is 0. The van der Waals surface area contributed by atoms with Crippen LogP contribution in [0.1, 0.15) is 18.5 Å². The lowest BCUT2D eigenvalue weighted by Crippen LogP contribution is -2.15. The third kappa shape index (κ3) is 3.89. The lowest BCUT2D eigenvalue weighted by Gasteiger charge is -2.04. The van der Waals surface area contributed by atoms with Crippen molar-refractivity contribution >= 4 is 45.9 Å². The van der Waals surface area contributed by atoms with Gasteiger partial charge in [-0.3, -0.25) is 19.5 Å². The van der Waals surface area contributed by atoms with Crippen molar-refractivity contribution in [3.63, 3.8) is 0 Å². The van der Waals surface area contributed by atoms with E-state index in [1.807, 2.05) is 0 Å². The summed E-state index contributed by atoms with van der Waals surface area (Å²) in [5.41, 5.74) is 0.771. The number of fused-ring (bicyclic) bond motifs is 1. The lowest BCUT2D eigenvalue weighted by atomic mass is 10.2. The van der Waals surface area contributed by atoms with Crippen molar-refractivity contribution in [1.82, 2.24) is 14.2 Å². The van der Waals surface area contributed by atoms with Crippen LogP contribution in [0.5, 0.6) is 0 Å². The highest BCUT2D eigenvalue weighted by atomic mass is 35.5. The van der Waals surface area contributed by atoms with Gasteiger partial charge in [0.2, 0.25) is 0 Å². The van der Waals surface area contributed by atoms with E-state index in [1.54, 1.807) is 0 Å². The highest BCUT2D eigenvalue weighted by Gasteiger charge is 2.15. The molecule has 0 aliphatic rings. The minimum atomic E-state index is -0.644. The zero-order valence-corrected chi connectivity index (χ0v) is 14.7. The number of non-ortho nitro benzene ring substituents is 1. The third-order valence-electron chi connectivity index (χ3n) is 3.50. The second kappa shape index (κ2) is 7.62. The van der Waals surface area contributed by atoms with Gasteiger partial charge in [-0.05, 0) is 12.5 Å². The van der Waals surface area contributed by atoms with Crippen molar-refractivity contribution in [3.8, 4) is 0 Å². The van der Waals surface area contributed by atoms with Crippen LogP contribution in [0.3, 0.4) is 0 Å². The molecule has 0 atom stereocenters. The number of rotatable bonds is 7. The van der Waals surface area contributed by atoms with Crippen molar-refractivity contribution in [2.45, 2.75) is 26.0 Å². The highest BCUT2D eigenvalue weighted by molar-refractivity contribution is 7.10. The molecule has 0 amide bonds. The minimum absolute atomic E-state index is 0.0631. The van der Waals surface area contributed by atoms with E-state index in [9.17, 15) is 19.7 Å². The standard InChI is InChI=1S/C14H11ClN4O6S/c15-13-9(16-17-26-13)7-24-12(20)2-1-5-18-10-4-3-8(19(22)23)6-11(10)25-14(18)21/h3-4,6H,1-2,5,7H2. The lowest BCUT2D eigenvalue weighted by molar-refractivity contribution is -0.384. The molecule has 3 rings (SSSR count). The van der Waals surface area contributed by atoms with Gasteiger partial charge in [0.25, 0.3) is 5.69 Å². The number of halogens is 1. The number of aryl methyl sites for hydroxylation is 1. The molecule has 0 bridgehead atoms. The number of ether oxygens (including phenoxy) is 1. The van der Waals surface area contributed by atoms with Crippen molar-refractivity contribution in [2.75, 3.05) is 0 Å². The topological polar surface area (TPSA) is 130 Å². The number of esters is 1. The molecule has 0 radical (unpaired) electrons. The average molecular weight is 399 g/mol. The fourth-order valence-electron chi connectivity index (χ4n) is 2.27. The molecule has 10 nitrogen and oxygen atoms in total. The molecule has 2 heterocycles. The summed E-state index contributed by atoms with van der Waals surface area (Å²) < 4.78 is 15.4. The summed E-state index contributed by atoms with van der Waals surface area (Å²) in [6.45, 7) is 0.143. The molecule has 1 aromatic carbocycles. The number of hydrogen-bond acceptors (Lipinski definition) is 9.